The molecule has 3 N–H and O–H groups in total. The van der Waals surface area contributed by atoms with Crippen molar-refractivity contribution in [3.8, 4) is 0 Å². The van der Waals surface area contributed by atoms with E-state index in [1.165, 1.54) is 29.2 Å². The highest BCUT2D eigenvalue weighted by molar-refractivity contribution is 5.82. The molecule has 0 bridgehead atoms. The monoisotopic (exact) mass is 284 g/mol. The second-order valence-corrected chi connectivity index (χ2v) is 5.96. The first-order valence-electron chi connectivity index (χ1n) is 7.90. The number of hydrogen-bond acceptors (Lipinski definition) is 3. The smallest absolute Gasteiger partial charge is 0.0576 e. The van der Waals surface area contributed by atoms with Crippen LogP contribution in [-0.2, 0) is 11.2 Å². The first-order chi connectivity index (χ1) is 10.3. The first-order valence-corrected chi connectivity index (χ1v) is 7.90. The maximum atomic E-state index is 5.73. The van der Waals surface area contributed by atoms with Crippen LogP contribution < -0.4 is 11.3 Å². The lowest BCUT2D eigenvalue weighted by Crippen LogP contribution is -2.37. The molecule has 0 aliphatic carbocycles. The van der Waals surface area contributed by atoms with Crippen LogP contribution in [0.4, 0.5) is 0 Å². The number of ether oxygens (including phenoxy) is 1. The number of nitrogens with one attached hydrogen (secondary N) is 1. The Bertz CT molecular complexity index is 578. The molecule has 1 heterocycles. The molecule has 3 rings (SSSR count). The molecule has 1 saturated heterocycles. The van der Waals surface area contributed by atoms with E-state index in [0.717, 1.165) is 25.9 Å². The molecule has 0 spiro atoms. The van der Waals surface area contributed by atoms with Crippen LogP contribution in [0.5, 0.6) is 0 Å². The van der Waals surface area contributed by atoms with Crippen molar-refractivity contribution in [2.75, 3.05) is 6.61 Å². The highest BCUT2D eigenvalue weighted by Crippen LogP contribution is 2.20. The molecule has 2 atom stereocenters. The SMILES string of the molecule is NNC(CCC1CCCO1)Cc1ccc2ccccc2c1. The van der Waals surface area contributed by atoms with Gasteiger partial charge in [0.15, 0.2) is 0 Å². The van der Waals surface area contributed by atoms with E-state index in [1.807, 2.05) is 0 Å². The Morgan fingerprint density at radius 2 is 2.05 bits per heavy atom. The van der Waals surface area contributed by atoms with Gasteiger partial charge in [-0.1, -0.05) is 42.5 Å². The quantitative estimate of drug-likeness (QED) is 0.632. The summed E-state index contributed by atoms with van der Waals surface area (Å²) in [7, 11) is 0. The maximum absolute atomic E-state index is 5.73. The number of hydrogen-bond donors (Lipinski definition) is 2. The Balaban J connectivity index is 1.61. The standard InChI is InChI=1S/C18H24N2O/c19-20-17(9-10-18-6-3-11-21-18)13-14-7-8-15-4-1-2-5-16(15)12-14/h1-2,4-5,7-8,12,17-18,20H,3,6,9-11,13,19H2. The lowest BCUT2D eigenvalue weighted by atomic mass is 9.98. The van der Waals surface area contributed by atoms with E-state index in [0.29, 0.717) is 12.1 Å². The molecule has 21 heavy (non-hydrogen) atoms. The molecule has 1 aliphatic rings. The summed E-state index contributed by atoms with van der Waals surface area (Å²) in [5, 5.41) is 2.59. The van der Waals surface area contributed by atoms with Crippen molar-refractivity contribution in [1.29, 1.82) is 0 Å². The van der Waals surface area contributed by atoms with Crippen molar-refractivity contribution in [2.24, 2.45) is 5.84 Å². The zero-order valence-corrected chi connectivity index (χ0v) is 12.4. The zero-order valence-electron chi connectivity index (χ0n) is 12.4. The number of benzene rings is 2. The van der Waals surface area contributed by atoms with Crippen LogP contribution in [0.1, 0.15) is 31.2 Å². The minimum Gasteiger partial charge on any atom is -0.378 e. The normalized spacial score (nSPS) is 20.0. The minimum atomic E-state index is 0.315. The predicted octanol–water partition coefficient (Wildman–Crippen LogP) is 3.17. The molecule has 0 saturated carbocycles. The summed E-state index contributed by atoms with van der Waals surface area (Å²) in [5.41, 5.74) is 4.30. The summed E-state index contributed by atoms with van der Waals surface area (Å²) in [6, 6.07) is 15.5. The van der Waals surface area contributed by atoms with E-state index < -0.39 is 0 Å². The fourth-order valence-electron chi connectivity index (χ4n) is 3.15. The van der Waals surface area contributed by atoms with Gasteiger partial charge in [0.05, 0.1) is 6.10 Å². The minimum absolute atomic E-state index is 0.315. The molecule has 112 valence electrons. The van der Waals surface area contributed by atoms with Gasteiger partial charge in [0, 0.05) is 12.6 Å². The fraction of sp³-hybridized carbons (Fsp3) is 0.444. The van der Waals surface area contributed by atoms with Crippen LogP contribution in [0, 0.1) is 0 Å². The molecule has 0 radical (unpaired) electrons. The van der Waals surface area contributed by atoms with Gasteiger partial charge in [-0.3, -0.25) is 11.3 Å². The van der Waals surface area contributed by atoms with Gasteiger partial charge in [0.1, 0.15) is 0 Å². The van der Waals surface area contributed by atoms with Crippen LogP contribution >= 0.6 is 0 Å². The lowest BCUT2D eigenvalue weighted by molar-refractivity contribution is 0.0996. The second kappa shape index (κ2) is 7.03. The van der Waals surface area contributed by atoms with Crippen LogP contribution in [0.15, 0.2) is 42.5 Å². The topological polar surface area (TPSA) is 47.3 Å². The number of hydrazine groups is 1. The Kier molecular flexibility index (Phi) is 4.86. The third-order valence-corrected chi connectivity index (χ3v) is 4.39. The molecule has 0 aromatic heterocycles. The van der Waals surface area contributed by atoms with Crippen molar-refractivity contribution in [2.45, 2.75) is 44.2 Å². The molecular formula is C18H24N2O. The van der Waals surface area contributed by atoms with E-state index >= 15 is 0 Å². The van der Waals surface area contributed by atoms with Crippen molar-refractivity contribution >= 4 is 10.8 Å². The highest BCUT2D eigenvalue weighted by atomic mass is 16.5. The van der Waals surface area contributed by atoms with Gasteiger partial charge in [-0.25, -0.2) is 0 Å². The third kappa shape index (κ3) is 3.82. The van der Waals surface area contributed by atoms with Crippen LogP contribution in [0.25, 0.3) is 10.8 Å². The van der Waals surface area contributed by atoms with E-state index in [1.54, 1.807) is 0 Å². The van der Waals surface area contributed by atoms with Gasteiger partial charge in [-0.2, -0.15) is 0 Å². The molecule has 2 aromatic rings. The van der Waals surface area contributed by atoms with Crippen molar-refractivity contribution < 1.29 is 4.74 Å². The maximum Gasteiger partial charge on any atom is 0.0576 e. The van der Waals surface area contributed by atoms with Crippen molar-refractivity contribution in [1.82, 2.24) is 5.43 Å². The second-order valence-electron chi connectivity index (χ2n) is 5.96. The molecule has 2 unspecified atom stereocenters. The van der Waals surface area contributed by atoms with E-state index in [-0.39, 0.29) is 0 Å². The third-order valence-electron chi connectivity index (χ3n) is 4.39. The van der Waals surface area contributed by atoms with E-state index in [4.69, 9.17) is 10.6 Å². The average molecular weight is 284 g/mol. The Labute approximate surface area is 126 Å². The summed E-state index contributed by atoms with van der Waals surface area (Å²) in [6.07, 6.45) is 5.98. The van der Waals surface area contributed by atoms with Gasteiger partial charge < -0.3 is 4.74 Å². The molecule has 1 fully saturated rings. The summed E-state index contributed by atoms with van der Waals surface area (Å²) in [4.78, 5) is 0. The van der Waals surface area contributed by atoms with Crippen LogP contribution in [0.3, 0.4) is 0 Å². The van der Waals surface area contributed by atoms with Gasteiger partial charge in [-0.15, -0.1) is 0 Å². The fourth-order valence-corrected chi connectivity index (χ4v) is 3.15. The Hall–Kier alpha value is -1.42. The predicted molar refractivity (Wildman–Crippen MR) is 87.0 cm³/mol. The first kappa shape index (κ1) is 14.5. The zero-order chi connectivity index (χ0) is 14.5. The summed E-state index contributed by atoms with van der Waals surface area (Å²) in [6.45, 7) is 0.927. The van der Waals surface area contributed by atoms with Gasteiger partial charge in [-0.05, 0) is 48.4 Å². The summed E-state index contributed by atoms with van der Waals surface area (Å²) in [5.74, 6) is 5.73. The lowest BCUT2D eigenvalue weighted by Gasteiger charge is -2.18. The molecule has 0 amide bonds. The van der Waals surface area contributed by atoms with Crippen molar-refractivity contribution in [3.63, 3.8) is 0 Å². The van der Waals surface area contributed by atoms with E-state index in [2.05, 4.69) is 47.9 Å². The summed E-state index contributed by atoms with van der Waals surface area (Å²) < 4.78 is 5.69. The molecular weight excluding hydrogens is 260 g/mol. The largest absolute Gasteiger partial charge is 0.378 e. The molecule has 3 heteroatoms. The molecule has 2 aromatic carbocycles. The number of fused-ring (bicyclic) bond motifs is 1. The summed E-state index contributed by atoms with van der Waals surface area (Å²) >= 11 is 0. The molecule has 3 nitrogen and oxygen atoms in total. The van der Waals surface area contributed by atoms with Gasteiger partial charge in [0.2, 0.25) is 0 Å². The number of rotatable bonds is 6. The van der Waals surface area contributed by atoms with E-state index in [9.17, 15) is 0 Å². The Morgan fingerprint density at radius 3 is 2.81 bits per heavy atom. The van der Waals surface area contributed by atoms with Crippen LogP contribution in [-0.4, -0.2) is 18.8 Å². The van der Waals surface area contributed by atoms with Gasteiger partial charge >= 0.3 is 0 Å². The Morgan fingerprint density at radius 1 is 1.19 bits per heavy atom. The highest BCUT2D eigenvalue weighted by Gasteiger charge is 2.17. The van der Waals surface area contributed by atoms with Crippen LogP contribution in [0.2, 0.25) is 0 Å². The number of nitrogens with two attached hydrogens (primary N) is 1. The van der Waals surface area contributed by atoms with Gasteiger partial charge in [0.25, 0.3) is 0 Å². The average Bonchev–Trinajstić information content (AvgIpc) is 3.04. The molecule has 1 aliphatic heterocycles. The van der Waals surface area contributed by atoms with Crippen molar-refractivity contribution in [3.05, 3.63) is 48.0 Å².